The van der Waals surface area contributed by atoms with Crippen LogP contribution in [-0.2, 0) is 0 Å². The minimum atomic E-state index is -0.454. The van der Waals surface area contributed by atoms with Gasteiger partial charge in [-0.25, -0.2) is 0 Å². The third kappa shape index (κ3) is 2.23. The SMILES string of the molecule is Cc1nc2c([nH]1)C(c1ccc(Cl)cc1Cl)C(C#N)=C(N)O2. The summed E-state index contributed by atoms with van der Waals surface area (Å²) in [4.78, 5) is 7.33. The number of hydrogen-bond acceptors (Lipinski definition) is 4. The first-order valence-electron chi connectivity index (χ1n) is 6.10. The largest absolute Gasteiger partial charge is 0.420 e. The number of ether oxygens (including phenoxy) is 1. The van der Waals surface area contributed by atoms with Crippen molar-refractivity contribution in [2.45, 2.75) is 12.8 Å². The minimum absolute atomic E-state index is 0.0347. The van der Waals surface area contributed by atoms with Crippen LogP contribution in [0.3, 0.4) is 0 Å². The van der Waals surface area contributed by atoms with Crippen LogP contribution in [0.15, 0.2) is 29.7 Å². The number of aromatic nitrogens is 2. The molecule has 1 aromatic carbocycles. The predicted molar refractivity (Wildman–Crippen MR) is 79.1 cm³/mol. The van der Waals surface area contributed by atoms with Gasteiger partial charge in [-0.15, -0.1) is 0 Å². The van der Waals surface area contributed by atoms with Gasteiger partial charge in [0, 0.05) is 10.0 Å². The Balaban J connectivity index is 2.25. The molecular weight excluding hydrogens is 311 g/mol. The molecule has 0 spiro atoms. The van der Waals surface area contributed by atoms with Gasteiger partial charge in [-0.3, -0.25) is 0 Å². The van der Waals surface area contributed by atoms with Gasteiger partial charge in [0.1, 0.15) is 17.5 Å². The van der Waals surface area contributed by atoms with E-state index in [0.717, 1.165) is 0 Å². The number of H-pyrrole nitrogens is 1. The molecule has 21 heavy (non-hydrogen) atoms. The normalized spacial score (nSPS) is 17.1. The highest BCUT2D eigenvalue weighted by atomic mass is 35.5. The van der Waals surface area contributed by atoms with Crippen LogP contribution in [0, 0.1) is 18.3 Å². The van der Waals surface area contributed by atoms with E-state index >= 15 is 0 Å². The van der Waals surface area contributed by atoms with E-state index in [1.807, 2.05) is 0 Å². The van der Waals surface area contributed by atoms with Crippen molar-refractivity contribution >= 4 is 23.2 Å². The van der Waals surface area contributed by atoms with Crippen LogP contribution in [0.4, 0.5) is 0 Å². The molecule has 2 aromatic rings. The highest BCUT2D eigenvalue weighted by Gasteiger charge is 2.34. The first kappa shape index (κ1) is 13.8. The van der Waals surface area contributed by atoms with Crippen molar-refractivity contribution in [1.82, 2.24) is 9.97 Å². The van der Waals surface area contributed by atoms with Crippen molar-refractivity contribution in [2.75, 3.05) is 0 Å². The second kappa shape index (κ2) is 4.99. The zero-order valence-corrected chi connectivity index (χ0v) is 12.5. The summed E-state index contributed by atoms with van der Waals surface area (Å²) in [5.41, 5.74) is 7.49. The molecule has 0 radical (unpaired) electrons. The second-order valence-electron chi connectivity index (χ2n) is 4.63. The molecule has 1 aromatic heterocycles. The van der Waals surface area contributed by atoms with Crippen LogP contribution in [0.5, 0.6) is 5.88 Å². The number of aromatic amines is 1. The van der Waals surface area contributed by atoms with E-state index in [1.165, 1.54) is 0 Å². The van der Waals surface area contributed by atoms with E-state index < -0.39 is 5.92 Å². The third-order valence-corrected chi connectivity index (χ3v) is 3.82. The van der Waals surface area contributed by atoms with Crippen LogP contribution in [-0.4, -0.2) is 9.97 Å². The number of allylic oxidation sites excluding steroid dienone is 1. The molecular formula is C14H10Cl2N4O. The lowest BCUT2D eigenvalue weighted by molar-refractivity contribution is 0.379. The molecule has 0 saturated heterocycles. The molecule has 3 rings (SSSR count). The van der Waals surface area contributed by atoms with Gasteiger partial charge in [-0.1, -0.05) is 29.3 Å². The molecule has 0 saturated carbocycles. The standard InChI is InChI=1S/C14H10Cl2N4O/c1-6-19-12-11(8-3-2-7(15)4-10(8)16)9(5-17)13(18)21-14(12)20-6/h2-4,11H,18H2,1H3,(H,19,20). The van der Waals surface area contributed by atoms with Gasteiger partial charge in [-0.05, 0) is 24.6 Å². The third-order valence-electron chi connectivity index (χ3n) is 3.26. The molecule has 1 aliphatic heterocycles. The summed E-state index contributed by atoms with van der Waals surface area (Å²) in [5, 5.41) is 10.4. The van der Waals surface area contributed by atoms with Crippen LogP contribution >= 0.6 is 23.2 Å². The van der Waals surface area contributed by atoms with E-state index in [2.05, 4.69) is 16.0 Å². The molecule has 1 atom stereocenters. The molecule has 0 amide bonds. The van der Waals surface area contributed by atoms with Crippen LogP contribution < -0.4 is 10.5 Å². The number of aryl methyl sites for hydroxylation is 1. The number of nitriles is 1. The smallest absolute Gasteiger partial charge is 0.243 e. The van der Waals surface area contributed by atoms with Gasteiger partial charge < -0.3 is 15.5 Å². The number of nitrogens with one attached hydrogen (secondary N) is 1. The summed E-state index contributed by atoms with van der Waals surface area (Å²) < 4.78 is 5.39. The monoisotopic (exact) mass is 320 g/mol. The molecule has 5 nitrogen and oxygen atoms in total. The number of imidazole rings is 1. The van der Waals surface area contributed by atoms with Gasteiger partial charge in [0.25, 0.3) is 0 Å². The maximum atomic E-state index is 9.40. The highest BCUT2D eigenvalue weighted by Crippen LogP contribution is 2.43. The van der Waals surface area contributed by atoms with Gasteiger partial charge in [-0.2, -0.15) is 10.2 Å². The van der Waals surface area contributed by atoms with E-state index in [0.29, 0.717) is 33.0 Å². The first-order valence-corrected chi connectivity index (χ1v) is 6.86. The summed E-state index contributed by atoms with van der Waals surface area (Å²) in [7, 11) is 0. The van der Waals surface area contributed by atoms with Crippen LogP contribution in [0.2, 0.25) is 10.0 Å². The van der Waals surface area contributed by atoms with Crippen LogP contribution in [0.25, 0.3) is 0 Å². The van der Waals surface area contributed by atoms with Crippen molar-refractivity contribution in [2.24, 2.45) is 5.73 Å². The van der Waals surface area contributed by atoms with Crippen molar-refractivity contribution in [3.05, 3.63) is 56.8 Å². The lowest BCUT2D eigenvalue weighted by atomic mass is 9.88. The number of hydrogen-bond donors (Lipinski definition) is 2. The second-order valence-corrected chi connectivity index (χ2v) is 5.48. The summed E-state index contributed by atoms with van der Waals surface area (Å²) in [6.07, 6.45) is 0. The van der Waals surface area contributed by atoms with Gasteiger partial charge >= 0.3 is 0 Å². The van der Waals surface area contributed by atoms with Crippen molar-refractivity contribution in [3.63, 3.8) is 0 Å². The fraction of sp³-hybridized carbons (Fsp3) is 0.143. The average Bonchev–Trinajstić information content (AvgIpc) is 2.77. The highest BCUT2D eigenvalue weighted by molar-refractivity contribution is 6.35. The van der Waals surface area contributed by atoms with Crippen molar-refractivity contribution in [3.8, 4) is 11.9 Å². The topological polar surface area (TPSA) is 87.7 Å². The fourth-order valence-electron chi connectivity index (χ4n) is 2.37. The van der Waals surface area contributed by atoms with Gasteiger partial charge in [0.05, 0.1) is 11.6 Å². The summed E-state index contributed by atoms with van der Waals surface area (Å²) in [6.45, 7) is 1.80. The Morgan fingerprint density at radius 3 is 2.86 bits per heavy atom. The van der Waals surface area contributed by atoms with Gasteiger partial charge in [0.15, 0.2) is 0 Å². The van der Waals surface area contributed by atoms with E-state index in [9.17, 15) is 5.26 Å². The van der Waals surface area contributed by atoms with E-state index in [4.69, 9.17) is 33.7 Å². The fourth-order valence-corrected chi connectivity index (χ4v) is 2.89. The number of benzene rings is 1. The number of nitrogens with zero attached hydrogens (tertiary/aromatic N) is 2. The van der Waals surface area contributed by atoms with E-state index in [1.54, 1.807) is 25.1 Å². The zero-order valence-electron chi connectivity index (χ0n) is 10.9. The molecule has 0 aliphatic carbocycles. The number of nitrogens with two attached hydrogens (primary N) is 1. The Bertz CT molecular complexity index is 804. The van der Waals surface area contributed by atoms with Crippen molar-refractivity contribution in [1.29, 1.82) is 5.26 Å². The quantitative estimate of drug-likeness (QED) is 0.844. The minimum Gasteiger partial charge on any atom is -0.420 e. The van der Waals surface area contributed by atoms with E-state index in [-0.39, 0.29) is 11.5 Å². The zero-order chi connectivity index (χ0) is 15.1. The molecule has 7 heteroatoms. The number of fused-ring (bicyclic) bond motifs is 1. The maximum absolute atomic E-state index is 9.40. The lowest BCUT2D eigenvalue weighted by Crippen LogP contribution is -2.21. The van der Waals surface area contributed by atoms with Gasteiger partial charge in [0.2, 0.25) is 11.8 Å². The molecule has 1 aliphatic rings. The predicted octanol–water partition coefficient (Wildman–Crippen LogP) is 3.24. The Hall–Kier alpha value is -2.16. The Morgan fingerprint density at radius 2 is 2.19 bits per heavy atom. The number of halogens is 2. The molecule has 3 N–H and O–H groups in total. The molecule has 2 heterocycles. The summed E-state index contributed by atoms with van der Waals surface area (Å²) in [6, 6.07) is 7.20. The maximum Gasteiger partial charge on any atom is 0.243 e. The van der Waals surface area contributed by atoms with Crippen LogP contribution in [0.1, 0.15) is 23.0 Å². The van der Waals surface area contributed by atoms with Crippen molar-refractivity contribution < 1.29 is 4.74 Å². The lowest BCUT2D eigenvalue weighted by Gasteiger charge is -2.23. The molecule has 1 unspecified atom stereocenters. The summed E-state index contributed by atoms with van der Waals surface area (Å²) in [5.74, 6) is 0.610. The first-order chi connectivity index (χ1) is 10.0. The average molecular weight is 321 g/mol. The Kier molecular flexibility index (Phi) is 3.28. The molecule has 0 fully saturated rings. The Morgan fingerprint density at radius 1 is 1.43 bits per heavy atom. The number of rotatable bonds is 1. The molecule has 0 bridgehead atoms. The molecule has 106 valence electrons. The summed E-state index contributed by atoms with van der Waals surface area (Å²) >= 11 is 12.2. The Labute approximate surface area is 130 Å².